The molecule has 1 fully saturated rings. The van der Waals surface area contributed by atoms with E-state index in [1.165, 1.54) is 11.1 Å². The number of nitrogens with one attached hydrogen (secondary N) is 1. The first-order valence-electron chi connectivity index (χ1n) is 12.0. The van der Waals surface area contributed by atoms with Crippen molar-refractivity contribution in [1.29, 1.82) is 0 Å². The molecule has 34 heavy (non-hydrogen) atoms. The second-order valence-corrected chi connectivity index (χ2v) is 11.1. The SMILES string of the molecule is CC(C)Oc1cc(Cl)ncc1NCC1(c2ccccc2C(C)C)CN(CCC(C)(C)C(=O)O)C1. The highest BCUT2D eigenvalue weighted by atomic mass is 35.5. The number of anilines is 1. The van der Waals surface area contributed by atoms with Gasteiger partial charge in [-0.05, 0) is 57.7 Å². The Balaban J connectivity index is 1.84. The second kappa shape index (κ2) is 10.5. The number of hydrogen-bond acceptors (Lipinski definition) is 5. The van der Waals surface area contributed by atoms with Crippen molar-refractivity contribution >= 4 is 23.3 Å². The molecular weight excluding hydrogens is 450 g/mol. The Morgan fingerprint density at radius 2 is 1.94 bits per heavy atom. The van der Waals surface area contributed by atoms with E-state index in [1.54, 1.807) is 26.1 Å². The Morgan fingerprint density at radius 1 is 1.26 bits per heavy atom. The molecule has 186 valence electrons. The van der Waals surface area contributed by atoms with Crippen LogP contribution in [-0.4, -0.2) is 53.2 Å². The summed E-state index contributed by atoms with van der Waals surface area (Å²) < 4.78 is 5.98. The molecule has 2 N–H and O–H groups in total. The highest BCUT2D eigenvalue weighted by molar-refractivity contribution is 6.29. The number of carboxylic acid groups (broad SMARTS) is 1. The van der Waals surface area contributed by atoms with Crippen LogP contribution in [0.1, 0.15) is 65.0 Å². The summed E-state index contributed by atoms with van der Waals surface area (Å²) in [7, 11) is 0. The molecule has 2 aromatic rings. The Morgan fingerprint density at radius 3 is 2.56 bits per heavy atom. The number of pyridine rings is 1. The highest BCUT2D eigenvalue weighted by Gasteiger charge is 2.46. The van der Waals surface area contributed by atoms with Gasteiger partial charge in [0.1, 0.15) is 10.9 Å². The number of halogens is 1. The van der Waals surface area contributed by atoms with Gasteiger partial charge in [0.2, 0.25) is 0 Å². The van der Waals surface area contributed by atoms with Gasteiger partial charge in [0, 0.05) is 31.1 Å². The van der Waals surface area contributed by atoms with Crippen LogP contribution in [0.4, 0.5) is 5.69 Å². The lowest BCUT2D eigenvalue weighted by molar-refractivity contribution is -0.147. The largest absolute Gasteiger partial charge is 0.489 e. The van der Waals surface area contributed by atoms with Crippen LogP contribution < -0.4 is 10.1 Å². The van der Waals surface area contributed by atoms with Crippen molar-refractivity contribution < 1.29 is 14.6 Å². The summed E-state index contributed by atoms with van der Waals surface area (Å²) in [5, 5.41) is 13.5. The summed E-state index contributed by atoms with van der Waals surface area (Å²) in [6.07, 6.45) is 2.37. The van der Waals surface area contributed by atoms with Crippen molar-refractivity contribution in [3.63, 3.8) is 0 Å². The number of carbonyl (C=O) groups is 1. The second-order valence-electron chi connectivity index (χ2n) is 10.7. The third kappa shape index (κ3) is 6.02. The Hall–Kier alpha value is -2.31. The molecule has 0 bridgehead atoms. The van der Waals surface area contributed by atoms with E-state index in [-0.39, 0.29) is 11.5 Å². The number of hydrogen-bond donors (Lipinski definition) is 2. The predicted molar refractivity (Wildman–Crippen MR) is 138 cm³/mol. The van der Waals surface area contributed by atoms with Gasteiger partial charge >= 0.3 is 5.97 Å². The Bertz CT molecular complexity index is 1000. The fourth-order valence-electron chi connectivity index (χ4n) is 4.53. The van der Waals surface area contributed by atoms with E-state index in [4.69, 9.17) is 16.3 Å². The number of likely N-dealkylation sites (tertiary alicyclic amines) is 1. The molecular formula is C27H38ClN3O3. The molecule has 6 nitrogen and oxygen atoms in total. The first-order chi connectivity index (χ1) is 15.9. The standard InChI is InChI=1S/C27H38ClN3O3/c1-18(2)20-9-7-8-10-21(20)27(16-31(17-27)12-11-26(5,6)25(32)33)15-30-22-14-29-24(28)13-23(22)34-19(3)4/h7-10,13-14,18-19,30H,11-12,15-17H2,1-6H3,(H,32,33). The van der Waals surface area contributed by atoms with Crippen LogP contribution >= 0.6 is 11.6 Å². The van der Waals surface area contributed by atoms with Crippen LogP contribution in [-0.2, 0) is 10.2 Å². The quantitative estimate of drug-likeness (QED) is 0.389. The molecule has 7 heteroatoms. The smallest absolute Gasteiger partial charge is 0.309 e. The number of nitrogens with zero attached hydrogens (tertiary/aromatic N) is 2. The zero-order chi connectivity index (χ0) is 25.1. The number of rotatable bonds is 11. The summed E-state index contributed by atoms with van der Waals surface area (Å²) in [5.74, 6) is 0.353. The van der Waals surface area contributed by atoms with Gasteiger partial charge in [0.15, 0.2) is 0 Å². The first kappa shape index (κ1) is 26.3. The maximum absolute atomic E-state index is 11.5. The van der Waals surface area contributed by atoms with Crippen molar-refractivity contribution in [3.05, 3.63) is 52.8 Å². The zero-order valence-electron chi connectivity index (χ0n) is 21.2. The first-order valence-corrected chi connectivity index (χ1v) is 12.4. The maximum atomic E-state index is 11.5. The van der Waals surface area contributed by atoms with E-state index < -0.39 is 11.4 Å². The van der Waals surface area contributed by atoms with Crippen LogP contribution in [0.2, 0.25) is 5.15 Å². The predicted octanol–water partition coefficient (Wildman–Crippen LogP) is 5.81. The molecule has 0 aliphatic carbocycles. The number of aliphatic carboxylic acids is 1. The fourth-order valence-corrected chi connectivity index (χ4v) is 4.68. The average molecular weight is 488 g/mol. The van der Waals surface area contributed by atoms with Crippen LogP contribution in [0.25, 0.3) is 0 Å². The van der Waals surface area contributed by atoms with E-state index in [0.717, 1.165) is 25.3 Å². The third-order valence-electron chi connectivity index (χ3n) is 6.65. The summed E-state index contributed by atoms with van der Waals surface area (Å²) >= 11 is 6.13. The molecule has 0 saturated carbocycles. The number of ether oxygens (including phenoxy) is 1. The summed E-state index contributed by atoms with van der Waals surface area (Å²) in [4.78, 5) is 18.2. The van der Waals surface area contributed by atoms with E-state index >= 15 is 0 Å². The van der Waals surface area contributed by atoms with Crippen molar-refractivity contribution in [2.45, 2.75) is 65.4 Å². The van der Waals surface area contributed by atoms with E-state index in [0.29, 0.717) is 29.8 Å². The molecule has 1 aliphatic rings. The Labute approximate surface area is 208 Å². The van der Waals surface area contributed by atoms with Gasteiger partial charge in [-0.3, -0.25) is 4.79 Å². The third-order valence-corrected chi connectivity index (χ3v) is 6.86. The number of carboxylic acids is 1. The van der Waals surface area contributed by atoms with Gasteiger partial charge in [-0.15, -0.1) is 0 Å². The summed E-state index contributed by atoms with van der Waals surface area (Å²) in [5.41, 5.74) is 2.69. The molecule has 0 spiro atoms. The molecule has 3 rings (SSSR count). The van der Waals surface area contributed by atoms with Crippen LogP contribution in [0.3, 0.4) is 0 Å². The van der Waals surface area contributed by atoms with Gasteiger partial charge in [0.05, 0.1) is 23.4 Å². The molecule has 0 radical (unpaired) electrons. The van der Waals surface area contributed by atoms with E-state index in [1.807, 2.05) is 13.8 Å². The molecule has 2 heterocycles. The van der Waals surface area contributed by atoms with Crippen LogP contribution in [0, 0.1) is 5.41 Å². The van der Waals surface area contributed by atoms with E-state index in [9.17, 15) is 9.90 Å². The minimum absolute atomic E-state index is 0.0198. The minimum Gasteiger partial charge on any atom is -0.489 e. The van der Waals surface area contributed by atoms with Crippen molar-refractivity contribution in [2.75, 3.05) is 31.5 Å². The lowest BCUT2D eigenvalue weighted by Gasteiger charge is -2.52. The monoisotopic (exact) mass is 487 g/mol. The van der Waals surface area contributed by atoms with Gasteiger partial charge in [0.25, 0.3) is 0 Å². The zero-order valence-corrected chi connectivity index (χ0v) is 21.9. The molecule has 0 unspecified atom stereocenters. The van der Waals surface area contributed by atoms with Crippen LogP contribution in [0.5, 0.6) is 5.75 Å². The maximum Gasteiger partial charge on any atom is 0.309 e. The van der Waals surface area contributed by atoms with Crippen molar-refractivity contribution in [1.82, 2.24) is 9.88 Å². The number of benzene rings is 1. The topological polar surface area (TPSA) is 74.7 Å². The van der Waals surface area contributed by atoms with Gasteiger partial charge < -0.3 is 20.1 Å². The average Bonchev–Trinajstić information content (AvgIpc) is 2.73. The molecule has 1 saturated heterocycles. The van der Waals surface area contributed by atoms with Crippen molar-refractivity contribution in [3.8, 4) is 5.75 Å². The molecule has 0 amide bonds. The fraction of sp³-hybridized carbons (Fsp3) is 0.556. The van der Waals surface area contributed by atoms with Crippen LogP contribution in [0.15, 0.2) is 36.5 Å². The number of aromatic nitrogens is 1. The summed E-state index contributed by atoms with van der Waals surface area (Å²) in [6.45, 7) is 15.2. The van der Waals surface area contributed by atoms with Gasteiger partial charge in [-0.2, -0.15) is 0 Å². The molecule has 1 aromatic heterocycles. The minimum atomic E-state index is -0.751. The lowest BCUT2D eigenvalue weighted by Crippen LogP contribution is -2.63. The normalized spacial score (nSPS) is 15.9. The van der Waals surface area contributed by atoms with E-state index in [2.05, 4.69) is 53.3 Å². The highest BCUT2D eigenvalue weighted by Crippen LogP contribution is 2.40. The molecule has 0 atom stereocenters. The van der Waals surface area contributed by atoms with Gasteiger partial charge in [-0.1, -0.05) is 49.7 Å². The molecule has 1 aliphatic heterocycles. The van der Waals surface area contributed by atoms with Crippen molar-refractivity contribution in [2.24, 2.45) is 5.41 Å². The molecule has 1 aromatic carbocycles. The lowest BCUT2D eigenvalue weighted by atomic mass is 9.70. The Kier molecular flexibility index (Phi) is 8.14. The summed E-state index contributed by atoms with van der Waals surface area (Å²) in [6, 6.07) is 10.4. The van der Waals surface area contributed by atoms with Gasteiger partial charge in [-0.25, -0.2) is 4.98 Å².